The summed E-state index contributed by atoms with van der Waals surface area (Å²) in [6, 6.07) is 8.27. The Balaban J connectivity index is 0.00000392. The molecule has 1 aromatic rings. The van der Waals surface area contributed by atoms with E-state index >= 15 is 0 Å². The minimum absolute atomic E-state index is 0. The van der Waals surface area contributed by atoms with Gasteiger partial charge in [-0.1, -0.05) is 37.1 Å². The van der Waals surface area contributed by atoms with Gasteiger partial charge in [-0.05, 0) is 30.9 Å². The van der Waals surface area contributed by atoms with Crippen LogP contribution in [0.4, 0.5) is 0 Å². The van der Waals surface area contributed by atoms with Gasteiger partial charge in [0.25, 0.3) is 0 Å². The number of hydrogen-bond acceptors (Lipinski definition) is 3. The highest BCUT2D eigenvalue weighted by molar-refractivity contribution is 14.0. The molecule has 158 valence electrons. The average molecular weight is 502 g/mol. The Hall–Kier alpha value is -1.35. The van der Waals surface area contributed by atoms with Crippen LogP contribution in [0.5, 0.6) is 0 Å². The molecule has 28 heavy (non-hydrogen) atoms. The molecule has 1 aliphatic carbocycles. The summed E-state index contributed by atoms with van der Waals surface area (Å²) < 4.78 is 5.20. The zero-order valence-electron chi connectivity index (χ0n) is 17.6. The second kappa shape index (κ2) is 12.3. The van der Waals surface area contributed by atoms with Gasteiger partial charge < -0.3 is 20.3 Å². The van der Waals surface area contributed by atoms with Crippen LogP contribution in [0.25, 0.3) is 0 Å². The molecule has 0 atom stereocenters. The van der Waals surface area contributed by atoms with Crippen molar-refractivity contribution in [2.45, 2.75) is 45.8 Å². The minimum Gasteiger partial charge on any atom is -0.380 e. The number of rotatable bonds is 8. The Morgan fingerprint density at radius 2 is 1.89 bits per heavy atom. The number of halogens is 1. The van der Waals surface area contributed by atoms with E-state index < -0.39 is 0 Å². The summed E-state index contributed by atoms with van der Waals surface area (Å²) in [5.41, 5.74) is 1.98. The standard InChI is InChI=1S/C21H34N4O2.HI/c1-5-22-20(23-14-17-9-8-10-18(13-17)15-27-4)24-16-21(11-6-7-12-21)19(26)25(2)3;/h8-10,13H,5-7,11-12,14-16H2,1-4H3,(H2,22,23,24);1H. The number of carbonyl (C=O) groups is 1. The summed E-state index contributed by atoms with van der Waals surface area (Å²) in [6.07, 6.45) is 4.10. The number of guanidine groups is 1. The molecule has 0 heterocycles. The molecule has 0 bridgehead atoms. The van der Waals surface area contributed by atoms with E-state index in [9.17, 15) is 4.79 Å². The molecule has 1 aliphatic rings. The fourth-order valence-electron chi connectivity index (χ4n) is 3.74. The maximum atomic E-state index is 12.7. The van der Waals surface area contributed by atoms with Crippen molar-refractivity contribution < 1.29 is 9.53 Å². The molecule has 1 saturated carbocycles. The van der Waals surface area contributed by atoms with Crippen LogP contribution in [-0.4, -0.2) is 51.1 Å². The first-order valence-corrected chi connectivity index (χ1v) is 9.81. The normalized spacial score (nSPS) is 15.6. The van der Waals surface area contributed by atoms with Crippen LogP contribution in [0, 0.1) is 5.41 Å². The third kappa shape index (κ3) is 6.92. The molecule has 0 unspecified atom stereocenters. The Kier molecular flexibility index (Phi) is 10.8. The number of methoxy groups -OCH3 is 1. The second-order valence-corrected chi connectivity index (χ2v) is 7.49. The van der Waals surface area contributed by atoms with E-state index in [0.29, 0.717) is 19.7 Å². The summed E-state index contributed by atoms with van der Waals surface area (Å²) in [5.74, 6) is 0.975. The predicted octanol–water partition coefficient (Wildman–Crippen LogP) is 3.15. The van der Waals surface area contributed by atoms with Crippen molar-refractivity contribution in [3.63, 3.8) is 0 Å². The Morgan fingerprint density at radius 3 is 2.50 bits per heavy atom. The van der Waals surface area contributed by atoms with Gasteiger partial charge in [0, 0.05) is 34.3 Å². The predicted molar refractivity (Wildman–Crippen MR) is 125 cm³/mol. The zero-order chi connectivity index (χ0) is 19.7. The smallest absolute Gasteiger partial charge is 0.230 e. The number of nitrogens with one attached hydrogen (secondary N) is 2. The highest BCUT2D eigenvalue weighted by Crippen LogP contribution is 2.38. The van der Waals surface area contributed by atoms with Gasteiger partial charge in [0.15, 0.2) is 5.96 Å². The van der Waals surface area contributed by atoms with Gasteiger partial charge in [-0.15, -0.1) is 24.0 Å². The molecule has 7 heteroatoms. The van der Waals surface area contributed by atoms with Crippen molar-refractivity contribution in [1.29, 1.82) is 0 Å². The van der Waals surface area contributed by atoms with E-state index in [1.807, 2.05) is 27.1 Å². The Morgan fingerprint density at radius 1 is 1.21 bits per heavy atom. The lowest BCUT2D eigenvalue weighted by Crippen LogP contribution is -2.49. The maximum Gasteiger partial charge on any atom is 0.230 e. The first-order chi connectivity index (χ1) is 13.0. The van der Waals surface area contributed by atoms with Crippen LogP contribution >= 0.6 is 24.0 Å². The highest BCUT2D eigenvalue weighted by atomic mass is 127. The lowest BCUT2D eigenvalue weighted by atomic mass is 9.84. The summed E-state index contributed by atoms with van der Waals surface area (Å²) >= 11 is 0. The molecule has 0 saturated heterocycles. The number of benzene rings is 1. The monoisotopic (exact) mass is 502 g/mol. The molecule has 0 radical (unpaired) electrons. The number of amides is 1. The van der Waals surface area contributed by atoms with Gasteiger partial charge in [0.1, 0.15) is 0 Å². The minimum atomic E-state index is -0.307. The summed E-state index contributed by atoms with van der Waals surface area (Å²) in [7, 11) is 5.38. The van der Waals surface area contributed by atoms with E-state index in [1.54, 1.807) is 12.0 Å². The summed E-state index contributed by atoms with van der Waals surface area (Å²) in [4.78, 5) is 19.2. The molecule has 1 aromatic carbocycles. The number of aliphatic imine (C=N–C) groups is 1. The topological polar surface area (TPSA) is 66.0 Å². The first kappa shape index (κ1) is 24.7. The van der Waals surface area contributed by atoms with Crippen molar-refractivity contribution in [3.8, 4) is 0 Å². The number of nitrogens with zero attached hydrogens (tertiary/aromatic N) is 2. The van der Waals surface area contributed by atoms with E-state index in [4.69, 9.17) is 9.73 Å². The van der Waals surface area contributed by atoms with Gasteiger partial charge in [0.05, 0.1) is 18.6 Å². The van der Waals surface area contributed by atoms with Crippen molar-refractivity contribution in [2.75, 3.05) is 34.3 Å². The van der Waals surface area contributed by atoms with E-state index in [1.165, 1.54) is 0 Å². The maximum absolute atomic E-state index is 12.7. The molecule has 0 spiro atoms. The van der Waals surface area contributed by atoms with Crippen molar-refractivity contribution >= 4 is 35.8 Å². The lowest BCUT2D eigenvalue weighted by molar-refractivity contribution is -0.138. The van der Waals surface area contributed by atoms with E-state index in [2.05, 4.69) is 28.8 Å². The van der Waals surface area contributed by atoms with Gasteiger partial charge in [-0.3, -0.25) is 4.79 Å². The second-order valence-electron chi connectivity index (χ2n) is 7.49. The molecule has 2 rings (SSSR count). The molecule has 0 aromatic heterocycles. The van der Waals surface area contributed by atoms with Gasteiger partial charge >= 0.3 is 0 Å². The number of hydrogen-bond donors (Lipinski definition) is 2. The molecule has 1 amide bonds. The fourth-order valence-corrected chi connectivity index (χ4v) is 3.74. The van der Waals surface area contributed by atoms with Crippen LogP contribution in [-0.2, 0) is 22.7 Å². The summed E-state index contributed by atoms with van der Waals surface area (Å²) in [5, 5.41) is 6.71. The number of ether oxygens (including phenoxy) is 1. The SMILES string of the molecule is CCNC(=NCc1cccc(COC)c1)NCC1(C(=O)N(C)C)CCCC1.I. The Bertz CT molecular complexity index is 643. The molecule has 6 nitrogen and oxygen atoms in total. The molecular formula is C21H35IN4O2. The van der Waals surface area contributed by atoms with E-state index in [0.717, 1.165) is 49.3 Å². The zero-order valence-corrected chi connectivity index (χ0v) is 19.9. The van der Waals surface area contributed by atoms with E-state index in [-0.39, 0.29) is 35.3 Å². The fraction of sp³-hybridized carbons (Fsp3) is 0.619. The van der Waals surface area contributed by atoms with Crippen molar-refractivity contribution in [3.05, 3.63) is 35.4 Å². The van der Waals surface area contributed by atoms with Crippen LogP contribution in [0.3, 0.4) is 0 Å². The molecular weight excluding hydrogens is 467 g/mol. The highest BCUT2D eigenvalue weighted by Gasteiger charge is 2.42. The average Bonchev–Trinajstić information content (AvgIpc) is 3.14. The van der Waals surface area contributed by atoms with Gasteiger partial charge in [0.2, 0.25) is 5.91 Å². The Labute approximate surface area is 186 Å². The first-order valence-electron chi connectivity index (χ1n) is 9.81. The van der Waals surface area contributed by atoms with Crippen LogP contribution in [0.2, 0.25) is 0 Å². The third-order valence-corrected chi connectivity index (χ3v) is 5.08. The number of carbonyl (C=O) groups excluding carboxylic acids is 1. The quantitative estimate of drug-likeness (QED) is 0.326. The molecule has 2 N–H and O–H groups in total. The van der Waals surface area contributed by atoms with Crippen LogP contribution in [0.1, 0.15) is 43.7 Å². The summed E-state index contributed by atoms with van der Waals surface area (Å²) in [6.45, 7) is 4.64. The largest absolute Gasteiger partial charge is 0.380 e. The van der Waals surface area contributed by atoms with Crippen molar-refractivity contribution in [2.24, 2.45) is 10.4 Å². The third-order valence-electron chi connectivity index (χ3n) is 5.08. The lowest BCUT2D eigenvalue weighted by Gasteiger charge is -2.31. The van der Waals surface area contributed by atoms with Crippen molar-refractivity contribution in [1.82, 2.24) is 15.5 Å². The van der Waals surface area contributed by atoms with Crippen LogP contribution in [0.15, 0.2) is 29.3 Å². The van der Waals surface area contributed by atoms with Crippen LogP contribution < -0.4 is 10.6 Å². The molecule has 1 fully saturated rings. The van der Waals surface area contributed by atoms with Gasteiger partial charge in [-0.2, -0.15) is 0 Å². The van der Waals surface area contributed by atoms with Gasteiger partial charge in [-0.25, -0.2) is 4.99 Å². The molecule has 0 aliphatic heterocycles.